The Kier molecular flexibility index (Phi) is 5.60. The molecule has 2 aromatic rings. The lowest BCUT2D eigenvalue weighted by Gasteiger charge is -2.13. The van der Waals surface area contributed by atoms with E-state index in [4.69, 9.17) is 25.8 Å². The third-order valence-electron chi connectivity index (χ3n) is 2.97. The van der Waals surface area contributed by atoms with Gasteiger partial charge in [-0.15, -0.1) is 0 Å². The first kappa shape index (κ1) is 16.8. The van der Waals surface area contributed by atoms with Crippen LogP contribution in [0.4, 0.5) is 0 Å². The number of aldehydes is 1. The van der Waals surface area contributed by atoms with Gasteiger partial charge < -0.3 is 14.2 Å². The van der Waals surface area contributed by atoms with E-state index in [1.807, 2.05) is 0 Å². The van der Waals surface area contributed by atoms with Crippen molar-refractivity contribution in [1.82, 2.24) is 0 Å². The molecule has 0 atom stereocenters. The standard InChI is InChI=1S/C17H15ClO5/c1-3-22-15-8-11(10-19)7-14(18)16(15)23-17(20)12-5-4-6-13(9-12)21-2/h4-10H,3H2,1-2H3. The highest BCUT2D eigenvalue weighted by molar-refractivity contribution is 6.32. The highest BCUT2D eigenvalue weighted by atomic mass is 35.5. The largest absolute Gasteiger partial charge is 0.497 e. The van der Waals surface area contributed by atoms with Crippen LogP contribution in [0.5, 0.6) is 17.2 Å². The van der Waals surface area contributed by atoms with Gasteiger partial charge in [-0.3, -0.25) is 4.79 Å². The number of hydrogen-bond acceptors (Lipinski definition) is 5. The smallest absolute Gasteiger partial charge is 0.343 e. The van der Waals surface area contributed by atoms with Gasteiger partial charge in [0.15, 0.2) is 11.5 Å². The lowest BCUT2D eigenvalue weighted by Crippen LogP contribution is -2.10. The van der Waals surface area contributed by atoms with Crippen LogP contribution in [-0.4, -0.2) is 26.0 Å². The molecule has 2 aromatic carbocycles. The summed E-state index contributed by atoms with van der Waals surface area (Å²) in [4.78, 5) is 23.2. The summed E-state index contributed by atoms with van der Waals surface area (Å²) in [6, 6.07) is 9.42. The monoisotopic (exact) mass is 334 g/mol. The Labute approximate surface area is 138 Å². The number of rotatable bonds is 6. The summed E-state index contributed by atoms with van der Waals surface area (Å²) in [6.45, 7) is 2.11. The first-order valence-corrected chi connectivity index (χ1v) is 7.24. The normalized spacial score (nSPS) is 10.0. The maximum atomic E-state index is 12.3. The molecule has 0 saturated carbocycles. The van der Waals surface area contributed by atoms with Crippen LogP contribution < -0.4 is 14.2 Å². The third kappa shape index (κ3) is 4.02. The van der Waals surface area contributed by atoms with Crippen molar-refractivity contribution in [3.8, 4) is 17.2 Å². The van der Waals surface area contributed by atoms with Crippen molar-refractivity contribution in [2.24, 2.45) is 0 Å². The Morgan fingerprint density at radius 2 is 2.04 bits per heavy atom. The molecule has 0 amide bonds. The Bertz CT molecular complexity index is 727. The van der Waals surface area contributed by atoms with E-state index >= 15 is 0 Å². The van der Waals surface area contributed by atoms with Gasteiger partial charge in [0.05, 0.1) is 24.3 Å². The van der Waals surface area contributed by atoms with E-state index in [1.54, 1.807) is 31.2 Å². The first-order chi connectivity index (χ1) is 11.1. The fourth-order valence-corrected chi connectivity index (χ4v) is 2.18. The van der Waals surface area contributed by atoms with Crippen molar-refractivity contribution < 1.29 is 23.8 Å². The van der Waals surface area contributed by atoms with Gasteiger partial charge in [-0.2, -0.15) is 0 Å². The molecule has 0 bridgehead atoms. The van der Waals surface area contributed by atoms with Crippen LogP contribution in [0.3, 0.4) is 0 Å². The zero-order valence-electron chi connectivity index (χ0n) is 12.7. The quantitative estimate of drug-likeness (QED) is 0.457. The van der Waals surface area contributed by atoms with Crippen molar-refractivity contribution in [2.75, 3.05) is 13.7 Å². The number of hydrogen-bond donors (Lipinski definition) is 0. The van der Waals surface area contributed by atoms with E-state index in [-0.39, 0.29) is 16.5 Å². The topological polar surface area (TPSA) is 61.8 Å². The van der Waals surface area contributed by atoms with Gasteiger partial charge in [-0.05, 0) is 37.3 Å². The molecule has 0 aromatic heterocycles. The lowest BCUT2D eigenvalue weighted by atomic mass is 10.2. The Morgan fingerprint density at radius 1 is 1.26 bits per heavy atom. The highest BCUT2D eigenvalue weighted by Gasteiger charge is 2.18. The second-order valence-electron chi connectivity index (χ2n) is 4.50. The summed E-state index contributed by atoms with van der Waals surface area (Å²) in [5, 5.41) is 0.120. The molecule has 0 aliphatic heterocycles. The van der Waals surface area contributed by atoms with Gasteiger partial charge in [0.2, 0.25) is 0 Å². The van der Waals surface area contributed by atoms with Gasteiger partial charge in [-0.25, -0.2) is 4.79 Å². The van der Waals surface area contributed by atoms with Crippen LogP contribution in [0.2, 0.25) is 5.02 Å². The summed E-state index contributed by atoms with van der Waals surface area (Å²) in [7, 11) is 1.51. The Hall–Kier alpha value is -2.53. The molecule has 0 radical (unpaired) electrons. The Morgan fingerprint density at radius 3 is 2.70 bits per heavy atom. The molecule has 0 N–H and O–H groups in total. The summed E-state index contributed by atoms with van der Waals surface area (Å²) < 4.78 is 15.8. The number of halogens is 1. The maximum Gasteiger partial charge on any atom is 0.343 e. The van der Waals surface area contributed by atoms with Crippen LogP contribution in [-0.2, 0) is 0 Å². The summed E-state index contributed by atoms with van der Waals surface area (Å²) in [5.74, 6) is 0.239. The summed E-state index contributed by atoms with van der Waals surface area (Å²) in [5.41, 5.74) is 0.641. The van der Waals surface area contributed by atoms with Gasteiger partial charge in [0.25, 0.3) is 0 Å². The van der Waals surface area contributed by atoms with Crippen molar-refractivity contribution in [3.05, 3.63) is 52.5 Å². The van der Waals surface area contributed by atoms with Gasteiger partial charge in [-0.1, -0.05) is 17.7 Å². The molecule has 120 valence electrons. The van der Waals surface area contributed by atoms with E-state index in [0.717, 1.165) is 0 Å². The molecule has 23 heavy (non-hydrogen) atoms. The summed E-state index contributed by atoms with van der Waals surface area (Å²) in [6.07, 6.45) is 0.641. The molecule has 0 aliphatic rings. The van der Waals surface area contributed by atoms with Crippen molar-refractivity contribution in [3.63, 3.8) is 0 Å². The second-order valence-corrected chi connectivity index (χ2v) is 4.91. The van der Waals surface area contributed by atoms with Gasteiger partial charge in [0.1, 0.15) is 12.0 Å². The van der Waals surface area contributed by atoms with Crippen LogP contribution >= 0.6 is 11.6 Å². The Balaban J connectivity index is 2.34. The predicted molar refractivity (Wildman–Crippen MR) is 86.0 cm³/mol. The molecular formula is C17H15ClO5. The molecule has 6 heteroatoms. The van der Waals surface area contributed by atoms with Crippen molar-refractivity contribution >= 4 is 23.9 Å². The van der Waals surface area contributed by atoms with Crippen LogP contribution in [0.15, 0.2) is 36.4 Å². The molecular weight excluding hydrogens is 320 g/mol. The van der Waals surface area contributed by atoms with Gasteiger partial charge >= 0.3 is 5.97 Å². The number of esters is 1. The lowest BCUT2D eigenvalue weighted by molar-refractivity contribution is 0.0728. The molecule has 0 spiro atoms. The average Bonchev–Trinajstić information content (AvgIpc) is 2.57. The SMILES string of the molecule is CCOc1cc(C=O)cc(Cl)c1OC(=O)c1cccc(OC)c1. The average molecular weight is 335 g/mol. The van der Waals surface area contributed by atoms with E-state index in [0.29, 0.717) is 29.8 Å². The fraction of sp³-hybridized carbons (Fsp3) is 0.176. The minimum atomic E-state index is -0.606. The van der Waals surface area contributed by atoms with E-state index in [1.165, 1.54) is 19.2 Å². The van der Waals surface area contributed by atoms with Gasteiger partial charge in [0, 0.05) is 5.56 Å². The number of methoxy groups -OCH3 is 1. The zero-order valence-corrected chi connectivity index (χ0v) is 13.4. The van der Waals surface area contributed by atoms with Crippen molar-refractivity contribution in [1.29, 1.82) is 0 Å². The fourth-order valence-electron chi connectivity index (χ4n) is 1.92. The molecule has 0 fully saturated rings. The molecule has 0 heterocycles. The van der Waals surface area contributed by atoms with Crippen LogP contribution in [0.1, 0.15) is 27.6 Å². The molecule has 5 nitrogen and oxygen atoms in total. The van der Waals surface area contributed by atoms with Crippen LogP contribution in [0.25, 0.3) is 0 Å². The van der Waals surface area contributed by atoms with E-state index < -0.39 is 5.97 Å². The molecule has 0 aliphatic carbocycles. The minimum absolute atomic E-state index is 0.0759. The minimum Gasteiger partial charge on any atom is -0.497 e. The van der Waals surface area contributed by atoms with Crippen molar-refractivity contribution in [2.45, 2.75) is 6.92 Å². The predicted octanol–water partition coefficient (Wildman–Crippen LogP) is 3.78. The molecule has 0 unspecified atom stereocenters. The second kappa shape index (κ2) is 7.65. The number of ether oxygens (including phenoxy) is 3. The van der Waals surface area contributed by atoms with Crippen LogP contribution in [0, 0.1) is 0 Å². The highest BCUT2D eigenvalue weighted by Crippen LogP contribution is 2.37. The summed E-state index contributed by atoms with van der Waals surface area (Å²) >= 11 is 6.10. The number of carbonyl (C=O) groups excluding carboxylic acids is 2. The first-order valence-electron chi connectivity index (χ1n) is 6.86. The zero-order chi connectivity index (χ0) is 16.8. The number of carbonyl (C=O) groups is 2. The van der Waals surface area contributed by atoms with E-state index in [9.17, 15) is 9.59 Å². The number of benzene rings is 2. The maximum absolute atomic E-state index is 12.3. The molecule has 2 rings (SSSR count). The molecule has 0 saturated heterocycles. The third-order valence-corrected chi connectivity index (χ3v) is 3.25. The van der Waals surface area contributed by atoms with E-state index in [2.05, 4.69) is 0 Å².